The summed E-state index contributed by atoms with van der Waals surface area (Å²) in [6.45, 7) is 0.484. The van der Waals surface area contributed by atoms with Gasteiger partial charge in [0.05, 0.1) is 17.9 Å². The molecule has 3 heterocycles. The van der Waals surface area contributed by atoms with Crippen molar-refractivity contribution in [2.24, 2.45) is 0 Å². The lowest BCUT2D eigenvalue weighted by Crippen LogP contribution is -2.24. The van der Waals surface area contributed by atoms with Gasteiger partial charge in [-0.05, 0) is 18.6 Å². The molecule has 2 aromatic heterocycles. The van der Waals surface area contributed by atoms with E-state index in [0.29, 0.717) is 18.7 Å². The standard InChI is InChI=1S/C12H10F4N4/c13-7-1-2-8(18-5-7)9-3-4-17-11-19-10(6-20(9)11)12(14,15)16/h1-2,5-6,9H,3-4H2,(H,17,19). The fourth-order valence-electron chi connectivity index (χ4n) is 2.23. The predicted octanol–water partition coefficient (Wildman–Crippen LogP) is 2.84. The molecule has 0 fully saturated rings. The average molecular weight is 286 g/mol. The summed E-state index contributed by atoms with van der Waals surface area (Å²) in [7, 11) is 0. The molecule has 0 aromatic carbocycles. The largest absolute Gasteiger partial charge is 0.434 e. The van der Waals surface area contributed by atoms with Crippen molar-refractivity contribution >= 4 is 5.95 Å². The van der Waals surface area contributed by atoms with E-state index in [1.807, 2.05) is 0 Å². The van der Waals surface area contributed by atoms with Gasteiger partial charge in [-0.2, -0.15) is 13.2 Å². The zero-order valence-corrected chi connectivity index (χ0v) is 10.2. The van der Waals surface area contributed by atoms with Crippen molar-refractivity contribution < 1.29 is 17.6 Å². The summed E-state index contributed by atoms with van der Waals surface area (Å²) >= 11 is 0. The summed E-state index contributed by atoms with van der Waals surface area (Å²) < 4.78 is 52.3. The van der Waals surface area contributed by atoms with E-state index in [1.165, 1.54) is 16.7 Å². The Morgan fingerprint density at radius 3 is 2.75 bits per heavy atom. The van der Waals surface area contributed by atoms with E-state index in [4.69, 9.17) is 0 Å². The molecule has 2 aromatic rings. The number of rotatable bonds is 1. The highest BCUT2D eigenvalue weighted by Gasteiger charge is 2.36. The molecule has 0 radical (unpaired) electrons. The lowest BCUT2D eigenvalue weighted by Gasteiger charge is -2.25. The number of pyridine rings is 1. The molecule has 0 amide bonds. The molecule has 0 saturated heterocycles. The number of aromatic nitrogens is 3. The third-order valence-electron chi connectivity index (χ3n) is 3.15. The summed E-state index contributed by atoms with van der Waals surface area (Å²) in [5, 5.41) is 2.82. The van der Waals surface area contributed by atoms with E-state index in [1.54, 1.807) is 0 Å². The van der Waals surface area contributed by atoms with E-state index >= 15 is 0 Å². The van der Waals surface area contributed by atoms with Crippen LogP contribution in [0.15, 0.2) is 24.5 Å². The number of anilines is 1. The van der Waals surface area contributed by atoms with Gasteiger partial charge in [0.2, 0.25) is 5.95 Å². The number of alkyl halides is 3. The first-order valence-electron chi connectivity index (χ1n) is 5.96. The van der Waals surface area contributed by atoms with E-state index in [-0.39, 0.29) is 12.0 Å². The first-order chi connectivity index (χ1) is 9.45. The Hall–Kier alpha value is -2.12. The third kappa shape index (κ3) is 2.21. The molecule has 1 unspecified atom stereocenters. The zero-order valence-electron chi connectivity index (χ0n) is 10.2. The normalized spacial score (nSPS) is 18.5. The van der Waals surface area contributed by atoms with Crippen molar-refractivity contribution in [1.29, 1.82) is 0 Å². The van der Waals surface area contributed by atoms with Crippen LogP contribution in [0.25, 0.3) is 0 Å². The Bertz CT molecular complexity index is 617. The quantitative estimate of drug-likeness (QED) is 0.820. The van der Waals surface area contributed by atoms with Crippen LogP contribution in [-0.4, -0.2) is 21.1 Å². The van der Waals surface area contributed by atoms with Crippen molar-refractivity contribution in [2.45, 2.75) is 18.6 Å². The lowest BCUT2D eigenvalue weighted by atomic mass is 10.1. The first-order valence-corrected chi connectivity index (χ1v) is 5.96. The smallest absolute Gasteiger partial charge is 0.356 e. The minimum atomic E-state index is -4.49. The maximum Gasteiger partial charge on any atom is 0.434 e. The van der Waals surface area contributed by atoms with Crippen LogP contribution in [0.4, 0.5) is 23.5 Å². The molecule has 1 aliphatic rings. The van der Waals surface area contributed by atoms with Crippen LogP contribution in [0.1, 0.15) is 23.9 Å². The molecule has 3 rings (SSSR count). The molecule has 0 spiro atoms. The summed E-state index contributed by atoms with van der Waals surface area (Å²) in [5.74, 6) is -0.329. The first kappa shape index (κ1) is 12.9. The van der Waals surface area contributed by atoms with E-state index in [9.17, 15) is 17.6 Å². The molecule has 106 valence electrons. The van der Waals surface area contributed by atoms with Gasteiger partial charge < -0.3 is 9.88 Å². The van der Waals surface area contributed by atoms with Gasteiger partial charge in [0.25, 0.3) is 0 Å². The van der Waals surface area contributed by atoms with Gasteiger partial charge in [0, 0.05) is 12.7 Å². The van der Waals surface area contributed by atoms with Crippen molar-refractivity contribution in [2.75, 3.05) is 11.9 Å². The Kier molecular flexibility index (Phi) is 2.88. The van der Waals surface area contributed by atoms with Gasteiger partial charge in [0.15, 0.2) is 5.69 Å². The van der Waals surface area contributed by atoms with E-state index < -0.39 is 17.7 Å². The monoisotopic (exact) mass is 286 g/mol. The molecular weight excluding hydrogens is 276 g/mol. The Labute approximate surface area is 111 Å². The van der Waals surface area contributed by atoms with Crippen LogP contribution in [0.3, 0.4) is 0 Å². The maximum absolute atomic E-state index is 12.9. The number of nitrogens with one attached hydrogen (secondary N) is 1. The highest BCUT2D eigenvalue weighted by atomic mass is 19.4. The van der Waals surface area contributed by atoms with Crippen molar-refractivity contribution in [1.82, 2.24) is 14.5 Å². The minimum absolute atomic E-state index is 0.153. The molecule has 1 aliphatic heterocycles. The molecule has 0 aliphatic carbocycles. The van der Waals surface area contributed by atoms with Crippen molar-refractivity contribution in [3.05, 3.63) is 41.7 Å². The van der Waals surface area contributed by atoms with Crippen LogP contribution in [-0.2, 0) is 6.18 Å². The summed E-state index contributed by atoms with van der Waals surface area (Å²) in [6.07, 6.45) is -1.93. The second kappa shape index (κ2) is 4.46. The third-order valence-corrected chi connectivity index (χ3v) is 3.15. The van der Waals surface area contributed by atoms with Gasteiger partial charge in [-0.15, -0.1) is 0 Å². The fourth-order valence-corrected chi connectivity index (χ4v) is 2.23. The summed E-state index contributed by atoms with van der Waals surface area (Å²) in [6, 6.07) is 2.34. The van der Waals surface area contributed by atoms with Gasteiger partial charge in [-0.1, -0.05) is 0 Å². The average Bonchev–Trinajstić information content (AvgIpc) is 2.83. The fraction of sp³-hybridized carbons (Fsp3) is 0.333. The predicted molar refractivity (Wildman–Crippen MR) is 62.7 cm³/mol. The maximum atomic E-state index is 12.9. The lowest BCUT2D eigenvalue weighted by molar-refractivity contribution is -0.140. The molecule has 20 heavy (non-hydrogen) atoms. The second-order valence-corrected chi connectivity index (χ2v) is 4.49. The van der Waals surface area contributed by atoms with Crippen molar-refractivity contribution in [3.63, 3.8) is 0 Å². The highest BCUT2D eigenvalue weighted by molar-refractivity contribution is 5.35. The van der Waals surface area contributed by atoms with Crippen LogP contribution in [0.5, 0.6) is 0 Å². The molecular formula is C12H10F4N4. The van der Waals surface area contributed by atoms with E-state index in [0.717, 1.165) is 12.4 Å². The Morgan fingerprint density at radius 1 is 1.30 bits per heavy atom. The number of nitrogens with zero attached hydrogens (tertiary/aromatic N) is 3. The molecule has 8 heteroatoms. The van der Waals surface area contributed by atoms with Crippen LogP contribution < -0.4 is 5.32 Å². The minimum Gasteiger partial charge on any atom is -0.356 e. The van der Waals surface area contributed by atoms with Gasteiger partial charge in [-0.25, -0.2) is 9.37 Å². The highest BCUT2D eigenvalue weighted by Crippen LogP contribution is 2.34. The second-order valence-electron chi connectivity index (χ2n) is 4.49. The van der Waals surface area contributed by atoms with Gasteiger partial charge in [-0.3, -0.25) is 4.98 Å². The van der Waals surface area contributed by atoms with Crippen LogP contribution in [0.2, 0.25) is 0 Å². The molecule has 4 nitrogen and oxygen atoms in total. The Morgan fingerprint density at radius 2 is 2.10 bits per heavy atom. The number of hydrogen-bond acceptors (Lipinski definition) is 3. The summed E-state index contributed by atoms with van der Waals surface area (Å²) in [5.41, 5.74) is -0.436. The summed E-state index contributed by atoms with van der Waals surface area (Å²) in [4.78, 5) is 7.48. The van der Waals surface area contributed by atoms with Gasteiger partial charge in [0.1, 0.15) is 5.82 Å². The molecule has 1 N–H and O–H groups in total. The number of imidazole rings is 1. The topological polar surface area (TPSA) is 42.7 Å². The Balaban J connectivity index is 2.01. The molecule has 0 bridgehead atoms. The van der Waals surface area contributed by atoms with E-state index in [2.05, 4.69) is 15.3 Å². The molecule has 1 atom stereocenters. The molecule has 0 saturated carbocycles. The number of hydrogen-bond donors (Lipinski definition) is 1. The van der Waals surface area contributed by atoms with Crippen LogP contribution >= 0.6 is 0 Å². The van der Waals surface area contributed by atoms with Crippen LogP contribution in [0, 0.1) is 5.82 Å². The van der Waals surface area contributed by atoms with Crippen molar-refractivity contribution in [3.8, 4) is 0 Å². The SMILES string of the molecule is Fc1ccc(C2CCNc3nc(C(F)(F)F)cn32)nc1. The number of halogens is 4. The number of fused-ring (bicyclic) bond motifs is 1. The van der Waals surface area contributed by atoms with Gasteiger partial charge >= 0.3 is 6.18 Å². The zero-order chi connectivity index (χ0) is 14.3.